The van der Waals surface area contributed by atoms with Crippen LogP contribution >= 0.6 is 0 Å². The molecule has 0 aliphatic carbocycles. The molecular formula is C15H7FN2O2. The van der Waals surface area contributed by atoms with E-state index >= 15 is 0 Å². The fourth-order valence-corrected chi connectivity index (χ4v) is 2.19. The first-order valence-electron chi connectivity index (χ1n) is 5.81. The number of Topliss-reactive ketones (excluding diaryl/α,β-unsaturated/α-hetero) is 1. The second kappa shape index (κ2) is 4.28. The van der Waals surface area contributed by atoms with Crippen LogP contribution in [0.2, 0.25) is 0 Å². The van der Waals surface area contributed by atoms with Crippen LogP contribution in [0.5, 0.6) is 0 Å². The molecule has 5 heteroatoms. The third-order valence-electron chi connectivity index (χ3n) is 3.14. The van der Waals surface area contributed by atoms with E-state index in [1.807, 2.05) is 6.07 Å². The topological polar surface area (TPSA) is 66.9 Å². The van der Waals surface area contributed by atoms with Gasteiger partial charge in [-0.2, -0.15) is 10.0 Å². The number of ketones is 1. The van der Waals surface area contributed by atoms with Crippen molar-refractivity contribution >= 4 is 17.2 Å². The Morgan fingerprint density at radius 3 is 2.60 bits per heavy atom. The van der Waals surface area contributed by atoms with E-state index in [0.29, 0.717) is 4.74 Å². The number of carbonyl (C=O) groups excluding carboxylic acids is 1. The van der Waals surface area contributed by atoms with Crippen LogP contribution in [0, 0.1) is 22.4 Å². The van der Waals surface area contributed by atoms with Crippen LogP contribution in [0.15, 0.2) is 42.5 Å². The highest BCUT2D eigenvalue weighted by Gasteiger charge is 2.38. The molecule has 1 aliphatic heterocycles. The van der Waals surface area contributed by atoms with Gasteiger partial charge in [0.1, 0.15) is 11.4 Å². The molecule has 2 aromatic rings. The fourth-order valence-electron chi connectivity index (χ4n) is 2.19. The van der Waals surface area contributed by atoms with Gasteiger partial charge in [0.15, 0.2) is 0 Å². The van der Waals surface area contributed by atoms with E-state index in [-0.39, 0.29) is 28.1 Å². The number of fused-ring (bicyclic) bond motifs is 1. The molecule has 1 aliphatic rings. The molecule has 0 saturated heterocycles. The average molecular weight is 266 g/mol. The number of hydrogen-bond donors (Lipinski definition) is 0. The first kappa shape index (κ1) is 12.1. The smallest absolute Gasteiger partial charge is 0.275 e. The van der Waals surface area contributed by atoms with Gasteiger partial charge in [-0.05, 0) is 24.3 Å². The van der Waals surface area contributed by atoms with E-state index in [9.17, 15) is 14.4 Å². The molecule has 0 saturated carbocycles. The molecule has 3 rings (SSSR count). The second-order valence-corrected chi connectivity index (χ2v) is 4.30. The highest BCUT2D eigenvalue weighted by molar-refractivity contribution is 6.52. The van der Waals surface area contributed by atoms with Crippen LogP contribution < -0.4 is 0 Å². The minimum Gasteiger partial charge on any atom is -0.618 e. The lowest BCUT2D eigenvalue weighted by molar-refractivity contribution is -0.355. The van der Waals surface area contributed by atoms with Crippen LogP contribution in [0.4, 0.5) is 10.1 Å². The molecule has 0 N–H and O–H groups in total. The molecule has 0 bridgehead atoms. The van der Waals surface area contributed by atoms with E-state index in [2.05, 4.69) is 0 Å². The first-order chi connectivity index (χ1) is 9.63. The van der Waals surface area contributed by atoms with Crippen LogP contribution in [0.3, 0.4) is 0 Å². The lowest BCUT2D eigenvalue weighted by Gasteiger charge is -2.02. The van der Waals surface area contributed by atoms with Crippen molar-refractivity contribution in [2.45, 2.75) is 0 Å². The standard InChI is InChI=1S/C15H7FN2O2/c16-12-4-2-1-3-10(12)14-15(19)11-7-9(8-17)5-6-13(11)18(14)20/h1-7H. The van der Waals surface area contributed by atoms with Crippen molar-refractivity contribution in [1.29, 1.82) is 5.26 Å². The van der Waals surface area contributed by atoms with E-state index in [1.165, 1.54) is 36.4 Å². The van der Waals surface area contributed by atoms with E-state index in [0.717, 1.165) is 0 Å². The van der Waals surface area contributed by atoms with Gasteiger partial charge in [-0.15, -0.1) is 0 Å². The van der Waals surface area contributed by atoms with Crippen molar-refractivity contribution in [1.82, 2.24) is 0 Å². The van der Waals surface area contributed by atoms with Crippen molar-refractivity contribution < 1.29 is 13.9 Å². The Balaban J connectivity index is 2.22. The normalized spacial score (nSPS) is 13.3. The number of rotatable bonds is 1. The molecule has 0 atom stereocenters. The molecule has 2 aromatic carbocycles. The summed E-state index contributed by atoms with van der Waals surface area (Å²) in [6, 6.07) is 11.7. The Morgan fingerprint density at radius 2 is 1.90 bits per heavy atom. The number of nitrogens with zero attached hydrogens (tertiary/aromatic N) is 2. The van der Waals surface area contributed by atoms with Crippen LogP contribution in [-0.4, -0.2) is 16.2 Å². The van der Waals surface area contributed by atoms with Gasteiger partial charge in [0.25, 0.3) is 11.5 Å². The van der Waals surface area contributed by atoms with Gasteiger partial charge in [-0.25, -0.2) is 4.39 Å². The maximum absolute atomic E-state index is 13.8. The summed E-state index contributed by atoms with van der Waals surface area (Å²) in [4.78, 5) is 12.3. The van der Waals surface area contributed by atoms with Crippen molar-refractivity contribution in [3.05, 3.63) is 70.2 Å². The van der Waals surface area contributed by atoms with Crippen molar-refractivity contribution in [2.75, 3.05) is 0 Å². The Bertz CT molecular complexity index is 819. The maximum Gasteiger partial charge on any atom is 0.275 e. The highest BCUT2D eigenvalue weighted by Crippen LogP contribution is 2.29. The van der Waals surface area contributed by atoms with Gasteiger partial charge >= 0.3 is 0 Å². The fraction of sp³-hybridized carbons (Fsp3) is 0. The molecule has 0 radical (unpaired) electrons. The lowest BCUT2D eigenvalue weighted by atomic mass is 10.0. The van der Waals surface area contributed by atoms with Gasteiger partial charge in [0.05, 0.1) is 17.2 Å². The van der Waals surface area contributed by atoms with Crippen molar-refractivity contribution in [2.24, 2.45) is 0 Å². The zero-order valence-corrected chi connectivity index (χ0v) is 10.1. The van der Waals surface area contributed by atoms with Gasteiger partial charge in [-0.3, -0.25) is 4.79 Å². The predicted octanol–water partition coefficient (Wildman–Crippen LogP) is 2.52. The highest BCUT2D eigenvalue weighted by atomic mass is 19.1. The zero-order chi connectivity index (χ0) is 14.3. The summed E-state index contributed by atoms with van der Waals surface area (Å²) in [7, 11) is 0. The SMILES string of the molecule is N#Cc1ccc2c(c1)C(=O)C(c1ccccc1F)=[N+]2[O-]. The number of halogens is 1. The summed E-state index contributed by atoms with van der Waals surface area (Å²) in [6.45, 7) is 0. The van der Waals surface area contributed by atoms with Crippen LogP contribution in [0.25, 0.3) is 0 Å². The summed E-state index contributed by atoms with van der Waals surface area (Å²) >= 11 is 0. The molecule has 0 amide bonds. The molecule has 1 heterocycles. The van der Waals surface area contributed by atoms with Gasteiger partial charge in [-0.1, -0.05) is 12.1 Å². The zero-order valence-electron chi connectivity index (χ0n) is 10.1. The lowest BCUT2D eigenvalue weighted by Crippen LogP contribution is -2.18. The van der Waals surface area contributed by atoms with E-state index < -0.39 is 11.6 Å². The minimum absolute atomic E-state index is 0.0396. The number of hydrogen-bond acceptors (Lipinski definition) is 3. The van der Waals surface area contributed by atoms with E-state index in [1.54, 1.807) is 6.07 Å². The molecule has 96 valence electrons. The Kier molecular flexibility index (Phi) is 2.58. The maximum atomic E-state index is 13.8. The third kappa shape index (κ3) is 1.59. The molecule has 0 fully saturated rings. The van der Waals surface area contributed by atoms with Gasteiger partial charge < -0.3 is 5.21 Å². The average Bonchev–Trinajstić information content (AvgIpc) is 2.71. The molecule has 20 heavy (non-hydrogen) atoms. The molecule has 0 unspecified atom stereocenters. The number of benzene rings is 2. The molecular weight excluding hydrogens is 259 g/mol. The van der Waals surface area contributed by atoms with Gasteiger partial charge in [0, 0.05) is 6.07 Å². The third-order valence-corrected chi connectivity index (χ3v) is 3.14. The predicted molar refractivity (Wildman–Crippen MR) is 69.3 cm³/mol. The summed E-state index contributed by atoms with van der Waals surface area (Å²) in [5, 5.41) is 21.0. The first-order valence-corrected chi connectivity index (χ1v) is 5.81. The number of nitriles is 1. The number of carbonyl (C=O) groups is 1. The van der Waals surface area contributed by atoms with Crippen LogP contribution in [0.1, 0.15) is 21.5 Å². The minimum atomic E-state index is -0.634. The Morgan fingerprint density at radius 1 is 1.15 bits per heavy atom. The van der Waals surface area contributed by atoms with Crippen LogP contribution in [-0.2, 0) is 0 Å². The van der Waals surface area contributed by atoms with Crippen molar-refractivity contribution in [3.8, 4) is 6.07 Å². The van der Waals surface area contributed by atoms with E-state index in [4.69, 9.17) is 5.26 Å². The summed E-state index contributed by atoms with van der Waals surface area (Å²) in [5.74, 6) is -1.21. The quantitative estimate of drug-likeness (QED) is 0.588. The Labute approximate surface area is 113 Å². The molecule has 0 aromatic heterocycles. The largest absolute Gasteiger partial charge is 0.618 e. The monoisotopic (exact) mass is 266 g/mol. The molecule has 4 nitrogen and oxygen atoms in total. The summed E-state index contributed by atoms with van der Waals surface area (Å²) < 4.78 is 14.2. The molecule has 0 spiro atoms. The summed E-state index contributed by atoms with van der Waals surface area (Å²) in [6.07, 6.45) is 0. The second-order valence-electron chi connectivity index (χ2n) is 4.30. The Hall–Kier alpha value is -3.00. The van der Waals surface area contributed by atoms with Gasteiger partial charge in [0.2, 0.25) is 5.69 Å². The van der Waals surface area contributed by atoms with Crippen molar-refractivity contribution in [3.63, 3.8) is 0 Å². The summed E-state index contributed by atoms with van der Waals surface area (Å²) in [5.41, 5.74) is 0.236.